The first-order valence-electron chi connectivity index (χ1n) is 11.8. The van der Waals surface area contributed by atoms with E-state index >= 15 is 0 Å². The standard InChI is InChI=1S/C29H33BrN2O4/c1-29(2,3)31-28(34)24(18-21-10-6-5-7-11-21)32(19-22-14-16-23(30)17-15-22)27(33)20-36-26-13-9-8-12-25(26)35-4/h5-17,24H,18-20H2,1-4H3,(H,31,34)/t24-/m0/s1. The number of halogens is 1. The smallest absolute Gasteiger partial charge is 0.261 e. The van der Waals surface area contributed by atoms with Gasteiger partial charge in [0.2, 0.25) is 5.91 Å². The molecule has 0 fully saturated rings. The van der Waals surface area contributed by atoms with E-state index in [1.807, 2.05) is 87.5 Å². The third-order valence-electron chi connectivity index (χ3n) is 5.46. The molecule has 0 aromatic heterocycles. The zero-order valence-electron chi connectivity index (χ0n) is 21.2. The third kappa shape index (κ3) is 8.12. The van der Waals surface area contributed by atoms with E-state index in [2.05, 4.69) is 21.2 Å². The van der Waals surface area contributed by atoms with Gasteiger partial charge in [-0.3, -0.25) is 9.59 Å². The highest BCUT2D eigenvalue weighted by molar-refractivity contribution is 9.10. The van der Waals surface area contributed by atoms with Crippen LogP contribution in [0.4, 0.5) is 0 Å². The molecule has 0 spiro atoms. The maximum absolute atomic E-state index is 13.7. The fourth-order valence-electron chi connectivity index (χ4n) is 3.75. The molecule has 7 heteroatoms. The molecule has 0 heterocycles. The van der Waals surface area contributed by atoms with Gasteiger partial charge in [0.1, 0.15) is 6.04 Å². The second-order valence-corrected chi connectivity index (χ2v) is 10.4. The van der Waals surface area contributed by atoms with Crippen LogP contribution in [0.1, 0.15) is 31.9 Å². The number of nitrogens with one attached hydrogen (secondary N) is 1. The van der Waals surface area contributed by atoms with E-state index in [0.29, 0.717) is 17.9 Å². The number of carbonyl (C=O) groups excluding carboxylic acids is 2. The lowest BCUT2D eigenvalue weighted by Crippen LogP contribution is -2.55. The zero-order valence-corrected chi connectivity index (χ0v) is 22.7. The molecule has 3 aromatic carbocycles. The summed E-state index contributed by atoms with van der Waals surface area (Å²) in [5, 5.41) is 3.06. The average Bonchev–Trinajstić information content (AvgIpc) is 2.85. The van der Waals surface area contributed by atoms with Crippen molar-refractivity contribution in [1.29, 1.82) is 0 Å². The second kappa shape index (κ2) is 12.6. The van der Waals surface area contributed by atoms with Crippen molar-refractivity contribution in [3.05, 3.63) is 94.5 Å². The summed E-state index contributed by atoms with van der Waals surface area (Å²) in [5.41, 5.74) is 1.42. The number of carbonyl (C=O) groups is 2. The summed E-state index contributed by atoms with van der Waals surface area (Å²) < 4.78 is 12.1. The fourth-order valence-corrected chi connectivity index (χ4v) is 4.02. The second-order valence-electron chi connectivity index (χ2n) is 9.53. The molecule has 36 heavy (non-hydrogen) atoms. The molecule has 2 amide bonds. The van der Waals surface area contributed by atoms with Crippen molar-refractivity contribution in [1.82, 2.24) is 10.2 Å². The maximum atomic E-state index is 13.7. The Balaban J connectivity index is 1.93. The van der Waals surface area contributed by atoms with E-state index in [-0.39, 0.29) is 25.0 Å². The van der Waals surface area contributed by atoms with Crippen LogP contribution in [0.3, 0.4) is 0 Å². The molecule has 6 nitrogen and oxygen atoms in total. The molecule has 3 aromatic rings. The molecule has 3 rings (SSSR count). The van der Waals surface area contributed by atoms with Gasteiger partial charge in [-0.1, -0.05) is 70.5 Å². The fraction of sp³-hybridized carbons (Fsp3) is 0.310. The Morgan fingerprint density at radius 3 is 2.11 bits per heavy atom. The maximum Gasteiger partial charge on any atom is 0.261 e. The number of ether oxygens (including phenoxy) is 2. The molecule has 0 aliphatic carbocycles. The Morgan fingerprint density at radius 2 is 1.50 bits per heavy atom. The van der Waals surface area contributed by atoms with Crippen molar-refractivity contribution < 1.29 is 19.1 Å². The summed E-state index contributed by atoms with van der Waals surface area (Å²) >= 11 is 3.46. The SMILES string of the molecule is COc1ccccc1OCC(=O)N(Cc1ccc(Br)cc1)[C@@H](Cc1ccccc1)C(=O)NC(C)(C)C. The molecule has 0 bridgehead atoms. The van der Waals surface area contributed by atoms with Crippen LogP contribution in [0.2, 0.25) is 0 Å². The van der Waals surface area contributed by atoms with Gasteiger partial charge in [-0.15, -0.1) is 0 Å². The monoisotopic (exact) mass is 552 g/mol. The van der Waals surface area contributed by atoms with Crippen LogP contribution < -0.4 is 14.8 Å². The van der Waals surface area contributed by atoms with Gasteiger partial charge < -0.3 is 19.7 Å². The lowest BCUT2D eigenvalue weighted by Gasteiger charge is -2.33. The molecule has 0 radical (unpaired) electrons. The topological polar surface area (TPSA) is 67.9 Å². The predicted molar refractivity (Wildman–Crippen MR) is 145 cm³/mol. The number of hydrogen-bond donors (Lipinski definition) is 1. The number of methoxy groups -OCH3 is 1. The molecule has 1 N–H and O–H groups in total. The number of para-hydroxylation sites is 2. The van der Waals surface area contributed by atoms with Gasteiger partial charge in [-0.25, -0.2) is 0 Å². The molecule has 0 saturated carbocycles. The molecule has 0 aliphatic rings. The lowest BCUT2D eigenvalue weighted by molar-refractivity contribution is -0.143. The molecule has 0 saturated heterocycles. The summed E-state index contributed by atoms with van der Waals surface area (Å²) in [6, 6.07) is 23.9. The van der Waals surface area contributed by atoms with Crippen LogP contribution in [-0.4, -0.2) is 42.0 Å². The minimum atomic E-state index is -0.732. The van der Waals surface area contributed by atoms with Crippen LogP contribution in [0.5, 0.6) is 11.5 Å². The van der Waals surface area contributed by atoms with E-state index in [0.717, 1.165) is 15.6 Å². The predicted octanol–water partition coefficient (Wildman–Crippen LogP) is 5.39. The highest BCUT2D eigenvalue weighted by Crippen LogP contribution is 2.26. The van der Waals surface area contributed by atoms with E-state index < -0.39 is 11.6 Å². The highest BCUT2D eigenvalue weighted by atomic mass is 79.9. The largest absolute Gasteiger partial charge is 0.493 e. The van der Waals surface area contributed by atoms with Gasteiger partial charge >= 0.3 is 0 Å². The molecule has 1 atom stereocenters. The number of hydrogen-bond acceptors (Lipinski definition) is 4. The Bertz CT molecular complexity index is 1140. The van der Waals surface area contributed by atoms with E-state index in [1.165, 1.54) is 0 Å². The minimum absolute atomic E-state index is 0.214. The van der Waals surface area contributed by atoms with Gasteiger partial charge in [-0.2, -0.15) is 0 Å². The van der Waals surface area contributed by atoms with Crippen LogP contribution in [0.15, 0.2) is 83.3 Å². The zero-order chi connectivity index (χ0) is 26.1. The van der Waals surface area contributed by atoms with E-state index in [9.17, 15) is 9.59 Å². The summed E-state index contributed by atoms with van der Waals surface area (Å²) in [4.78, 5) is 28.8. The summed E-state index contributed by atoms with van der Waals surface area (Å²) in [6.45, 7) is 5.81. The Hall–Kier alpha value is -3.32. The first kappa shape index (κ1) is 27.3. The average molecular weight is 553 g/mol. The molecule has 190 valence electrons. The lowest BCUT2D eigenvalue weighted by atomic mass is 10.0. The Morgan fingerprint density at radius 1 is 0.889 bits per heavy atom. The van der Waals surface area contributed by atoms with Gasteiger partial charge in [-0.05, 0) is 56.2 Å². The van der Waals surface area contributed by atoms with Crippen LogP contribution in [-0.2, 0) is 22.6 Å². The molecular weight excluding hydrogens is 520 g/mol. The molecule has 0 unspecified atom stereocenters. The summed E-state index contributed by atoms with van der Waals surface area (Å²) in [7, 11) is 1.55. The van der Waals surface area contributed by atoms with Crippen LogP contribution >= 0.6 is 15.9 Å². The quantitative estimate of drug-likeness (QED) is 0.366. The molecular formula is C29H33BrN2O4. The van der Waals surface area contributed by atoms with Gasteiger partial charge in [0, 0.05) is 23.0 Å². The highest BCUT2D eigenvalue weighted by Gasteiger charge is 2.32. The van der Waals surface area contributed by atoms with Crippen molar-refractivity contribution in [2.75, 3.05) is 13.7 Å². The third-order valence-corrected chi connectivity index (χ3v) is 5.98. The van der Waals surface area contributed by atoms with E-state index in [4.69, 9.17) is 9.47 Å². The van der Waals surface area contributed by atoms with Crippen molar-refractivity contribution in [2.45, 2.75) is 45.3 Å². The van der Waals surface area contributed by atoms with Crippen molar-refractivity contribution in [3.63, 3.8) is 0 Å². The normalized spacial score (nSPS) is 11.9. The van der Waals surface area contributed by atoms with Crippen LogP contribution in [0, 0.1) is 0 Å². The van der Waals surface area contributed by atoms with Crippen molar-refractivity contribution >= 4 is 27.7 Å². The van der Waals surface area contributed by atoms with Gasteiger partial charge in [0.05, 0.1) is 7.11 Å². The number of benzene rings is 3. The summed E-state index contributed by atoms with van der Waals surface area (Å²) in [5.74, 6) is 0.495. The Kier molecular flexibility index (Phi) is 9.53. The van der Waals surface area contributed by atoms with Crippen molar-refractivity contribution in [2.24, 2.45) is 0 Å². The van der Waals surface area contributed by atoms with Gasteiger partial charge in [0.25, 0.3) is 5.91 Å². The van der Waals surface area contributed by atoms with Crippen LogP contribution in [0.25, 0.3) is 0 Å². The van der Waals surface area contributed by atoms with E-state index in [1.54, 1.807) is 24.1 Å². The number of rotatable bonds is 10. The summed E-state index contributed by atoms with van der Waals surface area (Å²) in [6.07, 6.45) is 0.375. The Labute approximate surface area is 221 Å². The number of amides is 2. The minimum Gasteiger partial charge on any atom is -0.493 e. The van der Waals surface area contributed by atoms with Crippen molar-refractivity contribution in [3.8, 4) is 11.5 Å². The van der Waals surface area contributed by atoms with Gasteiger partial charge in [0.15, 0.2) is 18.1 Å². The first-order chi connectivity index (χ1) is 17.2. The number of nitrogens with zero attached hydrogens (tertiary/aromatic N) is 1. The first-order valence-corrected chi connectivity index (χ1v) is 12.6. The molecule has 0 aliphatic heterocycles.